The summed E-state index contributed by atoms with van der Waals surface area (Å²) in [5, 5.41) is 12.0. The summed E-state index contributed by atoms with van der Waals surface area (Å²) < 4.78 is 20.5. The molecule has 0 N–H and O–H groups in total. The predicted octanol–water partition coefficient (Wildman–Crippen LogP) is 18.0. The maximum atomic E-state index is 6.53. The molecule has 11 aromatic carbocycles. The molecule has 0 radical (unpaired) electrons. The van der Waals surface area contributed by atoms with E-state index in [9.17, 15) is 0 Å². The second kappa shape index (κ2) is 14.4. The maximum absolute atomic E-state index is 6.53. The number of aromatic nitrogens is 3. The molecule has 2 aliphatic heterocycles. The van der Waals surface area contributed by atoms with Gasteiger partial charge in [0.1, 0.15) is 22.3 Å². The van der Waals surface area contributed by atoms with Gasteiger partial charge in [-0.1, -0.05) is 121 Å². The first-order chi connectivity index (χ1) is 36.7. The average Bonchev–Trinajstić information content (AvgIpc) is 4.26. The van der Waals surface area contributed by atoms with Crippen molar-refractivity contribution >= 4 is 143 Å². The van der Waals surface area contributed by atoms with Crippen molar-refractivity contribution in [3.8, 4) is 39.3 Å². The summed E-state index contributed by atoms with van der Waals surface area (Å²) in [4.78, 5) is 2.54. The number of benzene rings is 11. The van der Waals surface area contributed by atoms with Crippen LogP contribution in [-0.2, 0) is 0 Å². The molecule has 0 fully saturated rings. The number of fused-ring (bicyclic) bond motifs is 21. The zero-order chi connectivity index (χ0) is 47.9. The number of furan rings is 2. The predicted molar refractivity (Wildman–Crippen MR) is 312 cm³/mol. The zero-order valence-corrected chi connectivity index (χ0v) is 41.0. The van der Waals surface area contributed by atoms with E-state index in [1.54, 1.807) is 0 Å². The Hall–Kier alpha value is -8.82. The summed E-state index contributed by atoms with van der Waals surface area (Å²) in [5.74, 6) is 0. The second-order valence-corrected chi connectivity index (χ2v) is 22.4. The summed E-state index contributed by atoms with van der Waals surface area (Å²) in [7, 11) is 0. The maximum Gasteiger partial charge on any atom is 0.318 e. The van der Waals surface area contributed by atoms with Crippen molar-refractivity contribution < 1.29 is 8.83 Å². The SMILES string of the molecule is c1ccc2c(c1)oc1ccc3c4ccccc4n(-c4ccc5c(c4)SB4Sc6cc(-n7c8ccccc8c8ccc9oc%10ccccc%10c9c87)ccc6-c6cc(-n7c8ccccc8c8ccccc87)cc-5c64)c3c12. The molecule has 16 aromatic rings. The average molecular weight is 978 g/mol. The highest BCUT2D eigenvalue weighted by atomic mass is 32.2. The summed E-state index contributed by atoms with van der Waals surface area (Å²) >= 11 is 3.97. The van der Waals surface area contributed by atoms with E-state index in [1.165, 1.54) is 103 Å². The van der Waals surface area contributed by atoms with Crippen LogP contribution < -0.4 is 5.46 Å². The van der Waals surface area contributed by atoms with E-state index < -0.39 is 0 Å². The third-order valence-corrected chi connectivity index (χ3v) is 18.7. The number of nitrogens with zero attached hydrogens (tertiary/aromatic N) is 3. The first-order valence-electron chi connectivity index (χ1n) is 25.2. The van der Waals surface area contributed by atoms with E-state index in [-0.39, 0.29) is 5.27 Å². The topological polar surface area (TPSA) is 41.1 Å². The van der Waals surface area contributed by atoms with E-state index in [2.05, 4.69) is 232 Å². The Labute approximate surface area is 430 Å². The fourth-order valence-corrected chi connectivity index (χ4v) is 16.1. The van der Waals surface area contributed by atoms with Crippen molar-refractivity contribution in [1.29, 1.82) is 0 Å². The van der Waals surface area contributed by atoms with Crippen LogP contribution >= 0.6 is 23.2 Å². The molecular formula is C66H36BN3O2S2. The van der Waals surface area contributed by atoms with Crippen LogP contribution in [0.3, 0.4) is 0 Å². The molecule has 0 spiro atoms. The third kappa shape index (κ3) is 5.18. The van der Waals surface area contributed by atoms with Crippen molar-refractivity contribution in [2.45, 2.75) is 9.79 Å². The van der Waals surface area contributed by atoms with E-state index in [1.807, 2.05) is 23.2 Å². The Balaban J connectivity index is 0.890. The van der Waals surface area contributed by atoms with Crippen molar-refractivity contribution in [3.05, 3.63) is 218 Å². The summed E-state index contributed by atoms with van der Waals surface area (Å²) in [5.41, 5.74) is 20.6. The Morgan fingerprint density at radius 3 is 1.15 bits per heavy atom. The second-order valence-electron chi connectivity index (χ2n) is 19.8. The lowest BCUT2D eigenvalue weighted by Gasteiger charge is -2.33. The normalized spacial score (nSPS) is 13.3. The molecule has 18 rings (SSSR count). The summed E-state index contributed by atoms with van der Waals surface area (Å²) in [6.07, 6.45) is 0. The Kier molecular flexibility index (Phi) is 7.76. The van der Waals surface area contributed by atoms with Crippen LogP contribution in [0.1, 0.15) is 0 Å². The van der Waals surface area contributed by atoms with E-state index in [4.69, 9.17) is 8.83 Å². The van der Waals surface area contributed by atoms with Crippen LogP contribution in [-0.4, -0.2) is 19.0 Å². The largest absolute Gasteiger partial charge is 0.456 e. The van der Waals surface area contributed by atoms with Crippen LogP contribution in [0.4, 0.5) is 0 Å². The highest BCUT2D eigenvalue weighted by molar-refractivity contribution is 8.56. The van der Waals surface area contributed by atoms with Gasteiger partial charge in [0.05, 0.1) is 43.9 Å². The summed E-state index contributed by atoms with van der Waals surface area (Å²) in [6.45, 7) is 0. The Morgan fingerprint density at radius 1 is 0.297 bits per heavy atom. The molecule has 0 aliphatic carbocycles. The van der Waals surface area contributed by atoms with Crippen LogP contribution in [0, 0.1) is 0 Å². The lowest BCUT2D eigenvalue weighted by atomic mass is 9.77. The van der Waals surface area contributed by atoms with Gasteiger partial charge in [0.25, 0.3) is 0 Å². The van der Waals surface area contributed by atoms with Gasteiger partial charge in [-0.15, -0.1) is 0 Å². The van der Waals surface area contributed by atoms with Gasteiger partial charge in [0.15, 0.2) is 0 Å². The number of hydrogen-bond donors (Lipinski definition) is 0. The van der Waals surface area contributed by atoms with Gasteiger partial charge in [-0.25, -0.2) is 0 Å². The zero-order valence-electron chi connectivity index (χ0n) is 39.3. The molecular weight excluding hydrogens is 942 g/mol. The van der Waals surface area contributed by atoms with Gasteiger partial charge < -0.3 is 22.5 Å². The van der Waals surface area contributed by atoms with Gasteiger partial charge in [-0.2, -0.15) is 23.2 Å². The number of hydrogen-bond acceptors (Lipinski definition) is 4. The van der Waals surface area contributed by atoms with Crippen molar-refractivity contribution in [2.75, 3.05) is 0 Å². The molecule has 0 unspecified atom stereocenters. The highest BCUT2D eigenvalue weighted by Crippen LogP contribution is 2.53. The highest BCUT2D eigenvalue weighted by Gasteiger charge is 2.38. The number of rotatable bonds is 3. The molecule has 8 heteroatoms. The monoisotopic (exact) mass is 977 g/mol. The first-order valence-corrected chi connectivity index (χ1v) is 26.9. The summed E-state index contributed by atoms with van der Waals surface area (Å²) in [6, 6.07) is 80.3. The molecule has 0 saturated carbocycles. The van der Waals surface area contributed by atoms with Crippen molar-refractivity contribution in [3.63, 3.8) is 0 Å². The van der Waals surface area contributed by atoms with Gasteiger partial charge in [-0.05, 0) is 125 Å². The minimum absolute atomic E-state index is 0.100. The van der Waals surface area contributed by atoms with Gasteiger partial charge in [0.2, 0.25) is 0 Å². The van der Waals surface area contributed by atoms with E-state index >= 15 is 0 Å². The molecule has 0 saturated heterocycles. The molecule has 342 valence electrons. The minimum atomic E-state index is 0.100. The van der Waals surface area contributed by atoms with Crippen LogP contribution in [0.15, 0.2) is 237 Å². The van der Waals surface area contributed by atoms with Crippen LogP contribution in [0.5, 0.6) is 0 Å². The standard InChI is InChI=1S/C66H36BN3O2S2/c1-7-19-52-40(13-1)41-14-2-8-20-53(41)68(52)39-33-50-44-27-25-37(69-54-21-9-3-15-42(54)46-29-31-58-62(65(46)69)48-17-5-11-23-56(48)71-58)35-60(44)73-67-64(50)51(34-39)45-28-26-38(36-61(45)74-67)70-55-22-10-4-16-43(55)47-30-32-59-63(66(47)70)49-18-6-12-24-57(49)72-59/h1-36H. The van der Waals surface area contributed by atoms with E-state index in [0.717, 1.165) is 60.9 Å². The quantitative estimate of drug-likeness (QED) is 0.165. The number of para-hydroxylation sites is 6. The fraction of sp³-hybridized carbons (Fsp3) is 0. The Morgan fingerprint density at radius 2 is 0.689 bits per heavy atom. The molecule has 2 aliphatic rings. The lowest BCUT2D eigenvalue weighted by Crippen LogP contribution is -2.34. The molecule has 0 atom stereocenters. The van der Waals surface area contributed by atoms with Crippen molar-refractivity contribution in [1.82, 2.24) is 13.7 Å². The third-order valence-electron chi connectivity index (χ3n) is 16.1. The molecule has 74 heavy (non-hydrogen) atoms. The molecule has 5 aromatic heterocycles. The van der Waals surface area contributed by atoms with Gasteiger partial charge >= 0.3 is 5.27 Å². The molecule has 7 heterocycles. The molecule has 0 bridgehead atoms. The van der Waals surface area contributed by atoms with Crippen LogP contribution in [0.2, 0.25) is 0 Å². The smallest absolute Gasteiger partial charge is 0.318 e. The van der Waals surface area contributed by atoms with Gasteiger partial charge in [0, 0.05) is 69.9 Å². The van der Waals surface area contributed by atoms with Crippen molar-refractivity contribution in [2.24, 2.45) is 0 Å². The Bertz CT molecular complexity index is 4870. The molecule has 5 nitrogen and oxygen atoms in total. The fourth-order valence-electron chi connectivity index (χ4n) is 13.0. The molecule has 0 amide bonds. The first kappa shape index (κ1) is 39.8. The minimum Gasteiger partial charge on any atom is -0.456 e. The van der Waals surface area contributed by atoms with Gasteiger partial charge in [-0.3, -0.25) is 0 Å². The van der Waals surface area contributed by atoms with E-state index in [0.29, 0.717) is 0 Å². The lowest BCUT2D eigenvalue weighted by molar-refractivity contribution is 0.669. The van der Waals surface area contributed by atoms with Crippen LogP contribution in [0.25, 0.3) is 149 Å².